The Kier molecular flexibility index (Phi) is 11.2. The van der Waals surface area contributed by atoms with Gasteiger partial charge in [-0.2, -0.15) is 5.10 Å². The normalized spacial score (nSPS) is 16.2. The minimum Gasteiger partial charge on any atom is -0.383 e. The van der Waals surface area contributed by atoms with Gasteiger partial charge in [-0.15, -0.1) is 0 Å². The van der Waals surface area contributed by atoms with Gasteiger partial charge in [0.1, 0.15) is 11.3 Å². The molecule has 1 aliphatic carbocycles. The molecule has 1 saturated heterocycles. The lowest BCUT2D eigenvalue weighted by Gasteiger charge is -2.41. The maximum Gasteiger partial charge on any atom is 0.245 e. The number of anilines is 1. The Bertz CT molecular complexity index is 2050. The number of piperidine rings is 1. The number of aromatic nitrogens is 6. The zero-order valence-corrected chi connectivity index (χ0v) is 30.6. The molecule has 0 radical (unpaired) electrons. The number of ether oxygens (including phenoxy) is 4. The van der Waals surface area contributed by atoms with Crippen molar-refractivity contribution in [2.45, 2.75) is 50.7 Å². The van der Waals surface area contributed by atoms with Crippen LogP contribution in [0.4, 0.5) is 5.82 Å². The number of aryl methyl sites for hydroxylation is 1. The largest absolute Gasteiger partial charge is 0.383 e. The molecule has 0 bridgehead atoms. The van der Waals surface area contributed by atoms with Crippen LogP contribution in [0, 0.1) is 0 Å². The summed E-state index contributed by atoms with van der Waals surface area (Å²) in [6, 6.07) is 14.9. The molecular formula is C39H47N9O5. The van der Waals surface area contributed by atoms with Gasteiger partial charge in [0.15, 0.2) is 23.6 Å². The lowest BCUT2D eigenvalue weighted by molar-refractivity contribution is -0.142. The van der Waals surface area contributed by atoms with Gasteiger partial charge in [0.25, 0.3) is 0 Å². The highest BCUT2D eigenvalue weighted by atomic mass is 16.7. The predicted molar refractivity (Wildman–Crippen MR) is 201 cm³/mol. The number of carbonyl (C=O) groups is 1. The first kappa shape index (κ1) is 36.4. The van der Waals surface area contributed by atoms with E-state index in [0.717, 1.165) is 67.6 Å². The van der Waals surface area contributed by atoms with Gasteiger partial charge in [0.05, 0.1) is 31.6 Å². The number of carbonyl (C=O) groups excluding carboxylic acids is 1. The Labute approximate surface area is 309 Å². The fraction of sp³-hybridized carbons (Fsp3) is 0.410. The quantitative estimate of drug-likeness (QED) is 0.120. The number of hydrogen-bond acceptors (Lipinski definition) is 11. The number of rotatable bonds is 15. The summed E-state index contributed by atoms with van der Waals surface area (Å²) in [5.41, 5.74) is 13.0. The van der Waals surface area contributed by atoms with Crippen molar-refractivity contribution >= 4 is 22.9 Å². The summed E-state index contributed by atoms with van der Waals surface area (Å²) in [7, 11) is 4.91. The minimum atomic E-state index is -0.434. The van der Waals surface area contributed by atoms with Gasteiger partial charge >= 0.3 is 0 Å². The van der Waals surface area contributed by atoms with Crippen LogP contribution < -0.4 is 5.73 Å². The molecule has 0 spiro atoms. The van der Waals surface area contributed by atoms with Gasteiger partial charge in [0.2, 0.25) is 5.91 Å². The number of nitrogens with zero attached hydrogens (tertiary/aromatic N) is 8. The van der Waals surface area contributed by atoms with E-state index >= 15 is 0 Å². The molecule has 2 aliphatic rings. The van der Waals surface area contributed by atoms with E-state index in [0.29, 0.717) is 49.0 Å². The number of amides is 1. The van der Waals surface area contributed by atoms with Crippen LogP contribution in [0.1, 0.15) is 42.0 Å². The molecular weight excluding hydrogens is 674 g/mol. The third-order valence-electron chi connectivity index (χ3n) is 10.3. The van der Waals surface area contributed by atoms with Crippen molar-refractivity contribution in [1.29, 1.82) is 0 Å². The summed E-state index contributed by atoms with van der Waals surface area (Å²) in [4.78, 5) is 31.3. The summed E-state index contributed by atoms with van der Waals surface area (Å²) in [5, 5.41) is 4.58. The van der Waals surface area contributed by atoms with Crippen LogP contribution in [0.2, 0.25) is 0 Å². The van der Waals surface area contributed by atoms with E-state index in [2.05, 4.69) is 44.3 Å². The first-order valence-corrected chi connectivity index (χ1v) is 18.0. The molecule has 1 aromatic carbocycles. The Hall–Kier alpha value is -4.99. The second kappa shape index (κ2) is 16.4. The average molecular weight is 722 g/mol. The standard InChI is InChI=1S/C39H47N9O5/c1-5-35(49)45-17-14-28(15-18-45)46(19-20-50-2)33-12-8-27-21-29(9-10-30(27)33)48-38(31-7-6-16-41-37(31)40)43-32-11-13-34(44-39(32)48)47-23-26(22-42-47)24-53-25-36(51-3)52-4/h5-7,9-11,13,16,21-23,28,33,36H,1,8,12,14-15,17-20,24-25H2,2-4H3,(H2,40,41)/t33-/m0/s1. The van der Waals surface area contributed by atoms with E-state index in [9.17, 15) is 4.79 Å². The summed E-state index contributed by atoms with van der Waals surface area (Å²) in [5.74, 6) is 1.69. The van der Waals surface area contributed by atoms with Crippen molar-refractivity contribution in [1.82, 2.24) is 39.1 Å². The Balaban J connectivity index is 1.21. The maximum atomic E-state index is 12.3. The molecule has 1 atom stereocenters. The van der Waals surface area contributed by atoms with Crippen LogP contribution in [-0.4, -0.2) is 112 Å². The second-order valence-electron chi connectivity index (χ2n) is 13.4. The van der Waals surface area contributed by atoms with Crippen molar-refractivity contribution < 1.29 is 23.7 Å². The van der Waals surface area contributed by atoms with Crippen molar-refractivity contribution in [2.75, 3.05) is 59.9 Å². The van der Waals surface area contributed by atoms with Gasteiger partial charge in [-0.25, -0.2) is 19.6 Å². The summed E-state index contributed by atoms with van der Waals surface area (Å²) in [6.07, 6.45) is 10.1. The van der Waals surface area contributed by atoms with Crippen LogP contribution in [0.5, 0.6) is 0 Å². The number of hydrogen-bond donors (Lipinski definition) is 1. The average Bonchev–Trinajstić information content (AvgIpc) is 3.94. The highest BCUT2D eigenvalue weighted by Gasteiger charge is 2.35. The molecule has 7 rings (SSSR count). The van der Waals surface area contributed by atoms with Crippen LogP contribution >= 0.6 is 0 Å². The molecule has 1 aliphatic heterocycles. The van der Waals surface area contributed by atoms with E-state index in [1.165, 1.54) is 17.2 Å². The molecule has 5 aromatic rings. The van der Waals surface area contributed by atoms with E-state index in [-0.39, 0.29) is 11.9 Å². The summed E-state index contributed by atoms with van der Waals surface area (Å²) in [6.45, 7) is 7.26. The SMILES string of the molecule is C=CC(=O)N1CCC(N(CCOC)[C@H]2CCc3cc(-n4c(-c5cccnc5N)nc5ccc(-n6cc(COCC(OC)OC)cn6)nc54)ccc32)CC1. The fourth-order valence-electron chi connectivity index (χ4n) is 7.57. The Morgan fingerprint density at radius 3 is 2.68 bits per heavy atom. The van der Waals surface area contributed by atoms with E-state index < -0.39 is 6.29 Å². The zero-order valence-electron chi connectivity index (χ0n) is 30.6. The minimum absolute atomic E-state index is 0.00498. The van der Waals surface area contributed by atoms with Crippen LogP contribution in [0.15, 0.2) is 73.7 Å². The second-order valence-corrected chi connectivity index (χ2v) is 13.4. The number of nitrogen functional groups attached to an aromatic ring is 1. The molecule has 14 heteroatoms. The number of methoxy groups -OCH3 is 3. The molecule has 1 fully saturated rings. The fourth-order valence-corrected chi connectivity index (χ4v) is 7.57. The molecule has 0 unspecified atom stereocenters. The smallest absolute Gasteiger partial charge is 0.245 e. The van der Waals surface area contributed by atoms with Gasteiger partial charge in [0, 0.05) is 76.7 Å². The molecule has 278 valence electrons. The molecule has 0 saturated carbocycles. The monoisotopic (exact) mass is 721 g/mol. The van der Waals surface area contributed by atoms with Crippen molar-refractivity contribution in [3.05, 3.63) is 90.4 Å². The van der Waals surface area contributed by atoms with Crippen LogP contribution in [0.3, 0.4) is 0 Å². The van der Waals surface area contributed by atoms with Crippen molar-refractivity contribution in [3.63, 3.8) is 0 Å². The molecule has 5 heterocycles. The number of imidazole rings is 1. The lowest BCUT2D eigenvalue weighted by Crippen LogP contribution is -2.48. The highest BCUT2D eigenvalue weighted by molar-refractivity contribution is 5.87. The number of likely N-dealkylation sites (tertiary alicyclic amines) is 1. The molecule has 14 nitrogen and oxygen atoms in total. The molecule has 53 heavy (non-hydrogen) atoms. The van der Waals surface area contributed by atoms with Crippen LogP contribution in [-0.2, 0) is 36.8 Å². The number of pyridine rings is 2. The van der Waals surface area contributed by atoms with E-state index in [1.807, 2.05) is 35.4 Å². The topological polar surface area (TPSA) is 148 Å². The summed E-state index contributed by atoms with van der Waals surface area (Å²) >= 11 is 0. The third kappa shape index (κ3) is 7.59. The molecule has 1 amide bonds. The highest BCUT2D eigenvalue weighted by Crippen LogP contribution is 2.40. The first-order valence-electron chi connectivity index (χ1n) is 18.0. The van der Waals surface area contributed by atoms with Gasteiger partial charge in [-0.3, -0.25) is 14.3 Å². The number of fused-ring (bicyclic) bond motifs is 2. The maximum absolute atomic E-state index is 12.3. The Morgan fingerprint density at radius 1 is 1.09 bits per heavy atom. The van der Waals surface area contributed by atoms with Gasteiger partial charge in [-0.05, 0) is 79.3 Å². The molecule has 2 N–H and O–H groups in total. The predicted octanol–water partition coefficient (Wildman–Crippen LogP) is 4.50. The number of nitrogens with two attached hydrogens (primary N) is 1. The van der Waals surface area contributed by atoms with Gasteiger partial charge in [-0.1, -0.05) is 12.6 Å². The summed E-state index contributed by atoms with van der Waals surface area (Å²) < 4.78 is 25.6. The van der Waals surface area contributed by atoms with Crippen LogP contribution in [0.25, 0.3) is 34.1 Å². The van der Waals surface area contributed by atoms with E-state index in [1.54, 1.807) is 38.4 Å². The Morgan fingerprint density at radius 2 is 1.92 bits per heavy atom. The lowest BCUT2D eigenvalue weighted by atomic mass is 9.98. The van der Waals surface area contributed by atoms with E-state index in [4.69, 9.17) is 34.6 Å². The first-order chi connectivity index (χ1) is 25.9. The third-order valence-corrected chi connectivity index (χ3v) is 10.3. The number of benzene rings is 1. The van der Waals surface area contributed by atoms with Crippen molar-refractivity contribution in [3.8, 4) is 22.9 Å². The zero-order chi connectivity index (χ0) is 36.9. The molecule has 4 aromatic heterocycles. The van der Waals surface area contributed by atoms with Crippen molar-refractivity contribution in [2.24, 2.45) is 0 Å². The van der Waals surface area contributed by atoms with Gasteiger partial charge < -0.3 is 29.6 Å².